The van der Waals surface area contributed by atoms with Gasteiger partial charge in [-0.3, -0.25) is 4.79 Å². The van der Waals surface area contributed by atoms with E-state index in [-0.39, 0.29) is 12.2 Å². The van der Waals surface area contributed by atoms with Gasteiger partial charge in [-0.1, -0.05) is 18.2 Å². The Balaban J connectivity index is 1.51. The van der Waals surface area contributed by atoms with Crippen LogP contribution in [0.4, 0.5) is 0 Å². The summed E-state index contributed by atoms with van der Waals surface area (Å²) in [5, 5.41) is 94.9. The highest BCUT2D eigenvalue weighted by atomic mass is 16.7. The molecule has 0 spiro atoms. The van der Waals surface area contributed by atoms with Crippen LogP contribution in [0.3, 0.4) is 0 Å². The molecule has 3 saturated heterocycles. The largest absolute Gasteiger partial charge is 0.394 e. The summed E-state index contributed by atoms with van der Waals surface area (Å²) in [6, 6.07) is 6.46. The average molecular weight is 592 g/mol. The van der Waals surface area contributed by atoms with Crippen molar-refractivity contribution in [1.82, 2.24) is 5.32 Å². The van der Waals surface area contributed by atoms with Crippen LogP contribution in [0.15, 0.2) is 30.3 Å². The molecule has 3 aliphatic rings. The van der Waals surface area contributed by atoms with Crippen LogP contribution < -0.4 is 5.32 Å². The van der Waals surface area contributed by atoms with E-state index in [0.717, 1.165) is 0 Å². The quantitative estimate of drug-likeness (QED) is 0.129. The molecule has 3 heterocycles. The maximum absolute atomic E-state index is 12.8. The van der Waals surface area contributed by atoms with Crippen LogP contribution in [0, 0.1) is 0 Å². The monoisotopic (exact) mass is 591 g/mol. The van der Waals surface area contributed by atoms with Crippen molar-refractivity contribution in [2.45, 2.75) is 85.8 Å². The van der Waals surface area contributed by atoms with E-state index < -0.39 is 111 Å². The number of rotatable bonds is 9. The highest BCUT2D eigenvalue weighted by Crippen LogP contribution is 2.31. The Morgan fingerprint density at radius 3 is 1.95 bits per heavy atom. The molecular formula is C25H37NO15. The van der Waals surface area contributed by atoms with Crippen LogP contribution in [0.5, 0.6) is 0 Å². The Morgan fingerprint density at radius 1 is 0.732 bits per heavy atom. The first-order chi connectivity index (χ1) is 19.6. The number of hydrogen-bond donors (Lipinski definition) is 10. The van der Waals surface area contributed by atoms with Crippen LogP contribution in [-0.4, -0.2) is 164 Å². The van der Waals surface area contributed by atoms with Crippen LogP contribution in [0.2, 0.25) is 0 Å². The molecule has 3 aliphatic heterocycles. The van der Waals surface area contributed by atoms with Gasteiger partial charge >= 0.3 is 0 Å². The second-order valence-electron chi connectivity index (χ2n) is 10.1. The molecule has 41 heavy (non-hydrogen) atoms. The van der Waals surface area contributed by atoms with E-state index in [1.54, 1.807) is 18.2 Å². The van der Waals surface area contributed by atoms with E-state index in [4.69, 9.17) is 23.7 Å². The lowest BCUT2D eigenvalue weighted by molar-refractivity contribution is -0.362. The van der Waals surface area contributed by atoms with Gasteiger partial charge in [0.05, 0.1) is 26.4 Å². The van der Waals surface area contributed by atoms with E-state index in [1.807, 2.05) is 0 Å². The Bertz CT molecular complexity index is 970. The van der Waals surface area contributed by atoms with Crippen molar-refractivity contribution in [1.29, 1.82) is 0 Å². The minimum Gasteiger partial charge on any atom is -0.394 e. The lowest BCUT2D eigenvalue weighted by Gasteiger charge is -2.48. The summed E-state index contributed by atoms with van der Waals surface area (Å²) >= 11 is 0. The molecule has 6 unspecified atom stereocenters. The third-order valence-electron chi connectivity index (χ3n) is 7.38. The number of benzene rings is 1. The zero-order valence-electron chi connectivity index (χ0n) is 21.8. The minimum absolute atomic E-state index is 0.210. The molecular weight excluding hydrogens is 554 g/mol. The second-order valence-corrected chi connectivity index (χ2v) is 10.1. The van der Waals surface area contributed by atoms with Gasteiger partial charge in [0.25, 0.3) is 5.91 Å². The summed E-state index contributed by atoms with van der Waals surface area (Å²) < 4.78 is 27.8. The average Bonchev–Trinajstić information content (AvgIpc) is 2.98. The zero-order chi connectivity index (χ0) is 29.8. The molecule has 0 radical (unpaired) electrons. The van der Waals surface area contributed by atoms with Gasteiger partial charge in [0, 0.05) is 5.56 Å². The smallest absolute Gasteiger partial charge is 0.251 e. The standard InChI is InChI=1S/C25H37NO15/c27-6-12-17(32)18(33)15(26-23(36)10-4-2-1-3-5-10)24(38-12)40-22-14(8-29)39-25(20(35)19(22)34)41-21-13(7-28)37-9-11(30)16(21)31/h1-5,11-22,24-25,27-35H,6-9H2,(H,26,36)/t11?,12?,13?,14?,15?,16-,17-,18-,19-,20?,21-,22-,24+,25-/m1/s1. The Labute approximate surface area is 234 Å². The Morgan fingerprint density at radius 2 is 1.32 bits per heavy atom. The summed E-state index contributed by atoms with van der Waals surface area (Å²) in [4.78, 5) is 12.8. The van der Waals surface area contributed by atoms with Gasteiger partial charge in [0.2, 0.25) is 0 Å². The van der Waals surface area contributed by atoms with Crippen molar-refractivity contribution >= 4 is 5.91 Å². The molecule has 14 atom stereocenters. The van der Waals surface area contributed by atoms with Crippen molar-refractivity contribution in [3.05, 3.63) is 35.9 Å². The van der Waals surface area contributed by atoms with Gasteiger partial charge in [0.15, 0.2) is 12.6 Å². The van der Waals surface area contributed by atoms with Gasteiger partial charge in [-0.25, -0.2) is 0 Å². The summed E-state index contributed by atoms with van der Waals surface area (Å²) in [5.41, 5.74) is 0.210. The lowest BCUT2D eigenvalue weighted by atomic mass is 9.95. The minimum atomic E-state index is -1.88. The summed E-state index contributed by atoms with van der Waals surface area (Å²) in [6.07, 6.45) is -20.1. The highest BCUT2D eigenvalue weighted by Gasteiger charge is 2.53. The van der Waals surface area contributed by atoms with Crippen LogP contribution in [0.1, 0.15) is 10.4 Å². The van der Waals surface area contributed by atoms with Crippen molar-refractivity contribution in [3.8, 4) is 0 Å². The van der Waals surface area contributed by atoms with Gasteiger partial charge in [-0.2, -0.15) is 0 Å². The molecule has 16 nitrogen and oxygen atoms in total. The third kappa shape index (κ3) is 6.87. The van der Waals surface area contributed by atoms with Crippen molar-refractivity contribution in [2.24, 2.45) is 0 Å². The van der Waals surface area contributed by atoms with Crippen LogP contribution in [0.25, 0.3) is 0 Å². The van der Waals surface area contributed by atoms with E-state index in [2.05, 4.69) is 5.32 Å². The summed E-state index contributed by atoms with van der Waals surface area (Å²) in [6.45, 7) is -2.43. The van der Waals surface area contributed by atoms with E-state index in [0.29, 0.717) is 0 Å². The molecule has 1 aromatic carbocycles. The normalized spacial score (nSPS) is 43.4. The number of nitrogens with one attached hydrogen (secondary N) is 1. The van der Waals surface area contributed by atoms with Gasteiger partial charge < -0.3 is 75.0 Å². The first-order valence-electron chi connectivity index (χ1n) is 13.1. The number of aliphatic hydroxyl groups excluding tert-OH is 9. The SMILES string of the molecule is O=C(NC1[C@H](O[C@@H]2C(CO)O[C@H](O[C@@H]3C(CO)OCC(O)[C@H]3O)C(O)[C@H]2O)OC(CO)[C@@H](O)[C@@H]1O)c1ccccc1. The van der Waals surface area contributed by atoms with Crippen molar-refractivity contribution < 1.29 is 74.4 Å². The fourth-order valence-electron chi connectivity index (χ4n) is 5.00. The Hall–Kier alpha value is -1.87. The first kappa shape index (κ1) is 32.1. The highest BCUT2D eigenvalue weighted by molar-refractivity contribution is 5.94. The molecule has 0 saturated carbocycles. The van der Waals surface area contributed by atoms with Crippen LogP contribution in [-0.2, 0) is 23.7 Å². The maximum Gasteiger partial charge on any atom is 0.251 e. The van der Waals surface area contributed by atoms with Gasteiger partial charge in [-0.15, -0.1) is 0 Å². The number of carbonyl (C=O) groups excluding carboxylic acids is 1. The lowest BCUT2D eigenvalue weighted by Crippen LogP contribution is -2.68. The zero-order valence-corrected chi connectivity index (χ0v) is 21.8. The molecule has 16 heteroatoms. The number of amides is 1. The van der Waals surface area contributed by atoms with Gasteiger partial charge in [0.1, 0.15) is 73.2 Å². The fourth-order valence-corrected chi connectivity index (χ4v) is 5.00. The first-order valence-corrected chi connectivity index (χ1v) is 13.1. The summed E-state index contributed by atoms with van der Waals surface area (Å²) in [5.74, 6) is -0.664. The second kappa shape index (κ2) is 14.1. The topological polar surface area (TPSA) is 257 Å². The predicted molar refractivity (Wildman–Crippen MR) is 132 cm³/mol. The molecule has 1 amide bonds. The predicted octanol–water partition coefficient (Wildman–Crippen LogP) is -5.45. The third-order valence-corrected chi connectivity index (χ3v) is 7.38. The molecule has 232 valence electrons. The molecule has 4 rings (SSSR count). The van der Waals surface area contributed by atoms with Crippen LogP contribution >= 0.6 is 0 Å². The maximum atomic E-state index is 12.8. The number of aliphatic hydroxyl groups is 9. The number of hydrogen-bond acceptors (Lipinski definition) is 15. The Kier molecular flexibility index (Phi) is 11.0. The molecule has 10 N–H and O–H groups in total. The van der Waals surface area contributed by atoms with Gasteiger partial charge in [-0.05, 0) is 12.1 Å². The molecule has 0 bridgehead atoms. The van der Waals surface area contributed by atoms with E-state index in [9.17, 15) is 50.8 Å². The van der Waals surface area contributed by atoms with E-state index >= 15 is 0 Å². The number of ether oxygens (including phenoxy) is 5. The molecule has 3 fully saturated rings. The van der Waals surface area contributed by atoms with Crippen molar-refractivity contribution in [3.63, 3.8) is 0 Å². The molecule has 0 aromatic heterocycles. The fraction of sp³-hybridized carbons (Fsp3) is 0.720. The van der Waals surface area contributed by atoms with E-state index in [1.165, 1.54) is 12.1 Å². The van der Waals surface area contributed by atoms with Crippen molar-refractivity contribution in [2.75, 3.05) is 26.4 Å². The molecule has 1 aromatic rings. The molecule has 0 aliphatic carbocycles. The number of carbonyl (C=O) groups is 1. The summed E-state index contributed by atoms with van der Waals surface area (Å²) in [7, 11) is 0.